The van der Waals surface area contributed by atoms with E-state index in [1.54, 1.807) is 48.5 Å². The maximum absolute atomic E-state index is 12.6. The number of rotatable bonds is 8. The Morgan fingerprint density at radius 3 is 2.10 bits per heavy atom. The first kappa shape index (κ1) is 20.6. The van der Waals surface area contributed by atoms with Crippen LogP contribution < -0.4 is 21.1 Å². The van der Waals surface area contributed by atoms with Crippen LogP contribution in [-0.2, 0) is 4.79 Å². The first-order valence-corrected chi connectivity index (χ1v) is 9.33. The minimum Gasteiger partial charge on any atom is -0.457 e. The fourth-order valence-electron chi connectivity index (χ4n) is 2.68. The second-order valence-corrected chi connectivity index (χ2v) is 6.41. The molecule has 0 unspecified atom stereocenters. The maximum Gasteiger partial charge on any atom is 0.255 e. The number of amides is 3. The molecule has 0 heterocycles. The highest BCUT2D eigenvalue weighted by atomic mass is 16.5. The second kappa shape index (κ2) is 9.88. The van der Waals surface area contributed by atoms with Gasteiger partial charge in [-0.05, 0) is 48.5 Å². The fourth-order valence-corrected chi connectivity index (χ4v) is 2.68. The van der Waals surface area contributed by atoms with Crippen molar-refractivity contribution in [3.8, 4) is 11.5 Å². The molecule has 7 heteroatoms. The highest BCUT2D eigenvalue weighted by Crippen LogP contribution is 2.22. The van der Waals surface area contributed by atoms with Gasteiger partial charge in [0.2, 0.25) is 5.91 Å². The maximum atomic E-state index is 12.6. The lowest BCUT2D eigenvalue weighted by molar-refractivity contribution is -0.117. The van der Waals surface area contributed by atoms with Gasteiger partial charge in [-0.25, -0.2) is 0 Å². The number of benzene rings is 3. The zero-order chi connectivity index (χ0) is 21.3. The van der Waals surface area contributed by atoms with E-state index in [4.69, 9.17) is 10.5 Å². The Balaban J connectivity index is 1.66. The smallest absolute Gasteiger partial charge is 0.255 e. The van der Waals surface area contributed by atoms with E-state index >= 15 is 0 Å². The third-order valence-corrected chi connectivity index (χ3v) is 4.17. The molecule has 0 aliphatic rings. The summed E-state index contributed by atoms with van der Waals surface area (Å²) in [5.41, 5.74) is 6.15. The van der Waals surface area contributed by atoms with Gasteiger partial charge in [-0.15, -0.1) is 0 Å². The van der Waals surface area contributed by atoms with E-state index in [0.29, 0.717) is 28.3 Å². The zero-order valence-electron chi connectivity index (χ0n) is 16.1. The molecule has 4 N–H and O–H groups in total. The number of nitrogens with two attached hydrogens (primary N) is 1. The Hall–Kier alpha value is -4.13. The van der Waals surface area contributed by atoms with Gasteiger partial charge in [0.15, 0.2) is 0 Å². The first-order chi connectivity index (χ1) is 14.5. The average molecular weight is 403 g/mol. The molecule has 0 aromatic heterocycles. The lowest BCUT2D eigenvalue weighted by Gasteiger charge is -2.12. The van der Waals surface area contributed by atoms with E-state index in [9.17, 15) is 14.4 Å². The van der Waals surface area contributed by atoms with Gasteiger partial charge in [-0.1, -0.05) is 30.3 Å². The summed E-state index contributed by atoms with van der Waals surface area (Å²) in [6.07, 6.45) is 0.0394. The van der Waals surface area contributed by atoms with Gasteiger partial charge in [0.25, 0.3) is 11.8 Å². The van der Waals surface area contributed by atoms with E-state index < -0.39 is 11.8 Å². The van der Waals surface area contributed by atoms with E-state index in [1.807, 2.05) is 30.3 Å². The number of para-hydroxylation sites is 2. The summed E-state index contributed by atoms with van der Waals surface area (Å²) in [5.74, 6) is 0.0342. The largest absolute Gasteiger partial charge is 0.457 e. The average Bonchev–Trinajstić information content (AvgIpc) is 2.75. The summed E-state index contributed by atoms with van der Waals surface area (Å²) >= 11 is 0. The molecule has 0 fully saturated rings. The van der Waals surface area contributed by atoms with Crippen LogP contribution in [0.3, 0.4) is 0 Å². The Bertz CT molecular complexity index is 1030. The second-order valence-electron chi connectivity index (χ2n) is 6.41. The molecule has 0 atom stereocenters. The van der Waals surface area contributed by atoms with Crippen LogP contribution in [-0.4, -0.2) is 24.3 Å². The summed E-state index contributed by atoms with van der Waals surface area (Å²) in [4.78, 5) is 35.8. The van der Waals surface area contributed by atoms with Crippen LogP contribution in [0.4, 0.5) is 5.69 Å². The number of carbonyl (C=O) groups is 3. The van der Waals surface area contributed by atoms with Gasteiger partial charge in [-0.3, -0.25) is 14.4 Å². The standard InChI is InChI=1S/C23H21N3O4/c24-21(27)14-15-25-23(29)19-8-4-5-9-20(19)26-22(28)16-10-12-18(13-11-16)30-17-6-2-1-3-7-17/h1-13H,14-15H2,(H2,24,27)(H,25,29)(H,26,28). The molecular formula is C23H21N3O4. The monoisotopic (exact) mass is 403 g/mol. The van der Waals surface area contributed by atoms with Crippen molar-refractivity contribution >= 4 is 23.4 Å². The van der Waals surface area contributed by atoms with E-state index in [0.717, 1.165) is 0 Å². The molecular weight excluding hydrogens is 382 g/mol. The fraction of sp³-hybridized carbons (Fsp3) is 0.0870. The number of carbonyl (C=O) groups excluding carboxylic acids is 3. The van der Waals surface area contributed by atoms with Crippen molar-refractivity contribution in [3.63, 3.8) is 0 Å². The third-order valence-electron chi connectivity index (χ3n) is 4.17. The lowest BCUT2D eigenvalue weighted by atomic mass is 10.1. The number of nitrogens with one attached hydrogen (secondary N) is 2. The molecule has 3 aromatic carbocycles. The van der Waals surface area contributed by atoms with Crippen molar-refractivity contribution in [1.29, 1.82) is 0 Å². The van der Waals surface area contributed by atoms with Crippen LogP contribution >= 0.6 is 0 Å². The Morgan fingerprint density at radius 1 is 0.767 bits per heavy atom. The minimum absolute atomic E-state index is 0.0394. The molecule has 152 valence electrons. The Labute approximate surface area is 173 Å². The van der Waals surface area contributed by atoms with Crippen molar-refractivity contribution in [2.75, 3.05) is 11.9 Å². The lowest BCUT2D eigenvalue weighted by Crippen LogP contribution is -2.28. The SMILES string of the molecule is NC(=O)CCNC(=O)c1ccccc1NC(=O)c1ccc(Oc2ccccc2)cc1. The molecule has 3 aromatic rings. The number of ether oxygens (including phenoxy) is 1. The van der Waals surface area contributed by atoms with E-state index in [-0.39, 0.29) is 18.9 Å². The number of anilines is 1. The van der Waals surface area contributed by atoms with Gasteiger partial charge >= 0.3 is 0 Å². The van der Waals surface area contributed by atoms with Gasteiger partial charge in [0, 0.05) is 18.5 Å². The normalized spacial score (nSPS) is 10.1. The van der Waals surface area contributed by atoms with Crippen LogP contribution in [0.5, 0.6) is 11.5 Å². The third kappa shape index (κ3) is 5.68. The molecule has 3 rings (SSSR count). The summed E-state index contributed by atoms with van der Waals surface area (Å²) in [6, 6.07) is 22.6. The summed E-state index contributed by atoms with van der Waals surface area (Å²) < 4.78 is 5.72. The Kier molecular flexibility index (Phi) is 6.78. The molecule has 0 bridgehead atoms. The summed E-state index contributed by atoms with van der Waals surface area (Å²) in [6.45, 7) is 0.124. The number of hydrogen-bond donors (Lipinski definition) is 3. The molecule has 0 aliphatic carbocycles. The van der Waals surface area contributed by atoms with Gasteiger partial charge in [-0.2, -0.15) is 0 Å². The Morgan fingerprint density at radius 2 is 1.40 bits per heavy atom. The first-order valence-electron chi connectivity index (χ1n) is 9.33. The number of hydrogen-bond acceptors (Lipinski definition) is 4. The molecule has 0 saturated heterocycles. The van der Waals surface area contributed by atoms with Crippen molar-refractivity contribution in [1.82, 2.24) is 5.32 Å². The van der Waals surface area contributed by atoms with Gasteiger partial charge in [0.1, 0.15) is 11.5 Å². The molecule has 0 saturated carbocycles. The predicted octanol–water partition coefficient (Wildman–Crippen LogP) is 3.34. The molecule has 7 nitrogen and oxygen atoms in total. The predicted molar refractivity (Wildman–Crippen MR) is 113 cm³/mol. The summed E-state index contributed by atoms with van der Waals surface area (Å²) in [5, 5.41) is 5.35. The quantitative estimate of drug-likeness (QED) is 0.536. The van der Waals surface area contributed by atoms with Crippen LogP contribution in [0.1, 0.15) is 27.1 Å². The van der Waals surface area contributed by atoms with Crippen LogP contribution in [0.2, 0.25) is 0 Å². The van der Waals surface area contributed by atoms with Crippen molar-refractivity contribution < 1.29 is 19.1 Å². The number of primary amides is 1. The molecule has 30 heavy (non-hydrogen) atoms. The molecule has 0 spiro atoms. The highest BCUT2D eigenvalue weighted by molar-refractivity contribution is 6.09. The van der Waals surface area contributed by atoms with Crippen LogP contribution in [0, 0.1) is 0 Å². The van der Waals surface area contributed by atoms with Gasteiger partial charge < -0.3 is 21.1 Å². The van der Waals surface area contributed by atoms with E-state index in [1.165, 1.54) is 0 Å². The van der Waals surface area contributed by atoms with Gasteiger partial charge in [0.05, 0.1) is 11.3 Å². The molecule has 0 radical (unpaired) electrons. The van der Waals surface area contributed by atoms with Crippen molar-refractivity contribution in [2.45, 2.75) is 6.42 Å². The topological polar surface area (TPSA) is 111 Å². The summed E-state index contributed by atoms with van der Waals surface area (Å²) in [7, 11) is 0. The van der Waals surface area contributed by atoms with Crippen LogP contribution in [0.25, 0.3) is 0 Å². The van der Waals surface area contributed by atoms with Crippen LogP contribution in [0.15, 0.2) is 78.9 Å². The van der Waals surface area contributed by atoms with Crippen molar-refractivity contribution in [3.05, 3.63) is 90.0 Å². The highest BCUT2D eigenvalue weighted by Gasteiger charge is 2.14. The van der Waals surface area contributed by atoms with E-state index in [2.05, 4.69) is 10.6 Å². The minimum atomic E-state index is -0.503. The van der Waals surface area contributed by atoms with Crippen molar-refractivity contribution in [2.24, 2.45) is 5.73 Å². The zero-order valence-corrected chi connectivity index (χ0v) is 16.1. The molecule has 3 amide bonds. The molecule has 0 aliphatic heterocycles.